The van der Waals surface area contributed by atoms with E-state index in [1.54, 1.807) is 12.3 Å². The molecule has 2 aromatic heterocycles. The summed E-state index contributed by atoms with van der Waals surface area (Å²) >= 11 is 0. The molecule has 0 fully saturated rings. The molecule has 78 valence electrons. The SMILES string of the molecule is CCOc1c(C(=O)O)ccn2cccc12. The molecule has 0 atom stereocenters. The lowest BCUT2D eigenvalue weighted by atomic mass is 10.2. The minimum absolute atomic E-state index is 0.197. The van der Waals surface area contributed by atoms with Gasteiger partial charge >= 0.3 is 5.97 Å². The number of pyridine rings is 1. The summed E-state index contributed by atoms with van der Waals surface area (Å²) in [5.41, 5.74) is 0.972. The first-order chi connectivity index (χ1) is 7.24. The van der Waals surface area contributed by atoms with E-state index in [1.165, 1.54) is 0 Å². The highest BCUT2D eigenvalue weighted by molar-refractivity contribution is 5.93. The first kappa shape index (κ1) is 9.58. The summed E-state index contributed by atoms with van der Waals surface area (Å²) < 4.78 is 7.20. The summed E-state index contributed by atoms with van der Waals surface area (Å²) in [6, 6.07) is 5.22. The molecule has 15 heavy (non-hydrogen) atoms. The molecule has 0 saturated carbocycles. The third kappa shape index (κ3) is 1.54. The maximum atomic E-state index is 11.0. The molecule has 0 aromatic carbocycles. The second-order valence-electron chi connectivity index (χ2n) is 3.10. The average molecular weight is 205 g/mol. The smallest absolute Gasteiger partial charge is 0.339 e. The Hall–Kier alpha value is -1.97. The lowest BCUT2D eigenvalue weighted by molar-refractivity contribution is 0.0692. The fourth-order valence-corrected chi connectivity index (χ4v) is 1.55. The standard InChI is InChI=1S/C11H11NO3/c1-2-15-10-8(11(13)14)5-7-12-6-3-4-9(10)12/h3-7H,2H2,1H3,(H,13,14). The van der Waals surface area contributed by atoms with Gasteiger partial charge in [-0.2, -0.15) is 0 Å². The molecule has 0 spiro atoms. The van der Waals surface area contributed by atoms with E-state index in [0.717, 1.165) is 5.52 Å². The van der Waals surface area contributed by atoms with Crippen molar-refractivity contribution in [1.29, 1.82) is 0 Å². The van der Waals surface area contributed by atoms with E-state index in [2.05, 4.69) is 0 Å². The zero-order chi connectivity index (χ0) is 10.8. The van der Waals surface area contributed by atoms with Gasteiger partial charge in [0.15, 0.2) is 5.75 Å². The van der Waals surface area contributed by atoms with Crippen LogP contribution in [0.25, 0.3) is 5.52 Å². The van der Waals surface area contributed by atoms with Crippen LogP contribution < -0.4 is 4.74 Å². The second-order valence-corrected chi connectivity index (χ2v) is 3.10. The predicted molar refractivity (Wildman–Crippen MR) is 55.5 cm³/mol. The van der Waals surface area contributed by atoms with E-state index >= 15 is 0 Å². The molecule has 2 heterocycles. The molecule has 0 bridgehead atoms. The Morgan fingerprint density at radius 3 is 2.93 bits per heavy atom. The fraction of sp³-hybridized carbons (Fsp3) is 0.182. The Morgan fingerprint density at radius 2 is 2.27 bits per heavy atom. The van der Waals surface area contributed by atoms with Crippen molar-refractivity contribution in [3.05, 3.63) is 36.2 Å². The lowest BCUT2D eigenvalue weighted by Crippen LogP contribution is -2.04. The van der Waals surface area contributed by atoms with E-state index in [0.29, 0.717) is 12.4 Å². The summed E-state index contributed by atoms with van der Waals surface area (Å²) in [6.07, 6.45) is 3.56. The van der Waals surface area contributed by atoms with Crippen LogP contribution in [0.3, 0.4) is 0 Å². The van der Waals surface area contributed by atoms with Crippen molar-refractivity contribution in [2.24, 2.45) is 0 Å². The molecule has 0 aliphatic heterocycles. The highest BCUT2D eigenvalue weighted by Gasteiger charge is 2.14. The molecule has 0 unspecified atom stereocenters. The van der Waals surface area contributed by atoms with Gasteiger partial charge in [0.2, 0.25) is 0 Å². The highest BCUT2D eigenvalue weighted by Crippen LogP contribution is 2.25. The summed E-state index contributed by atoms with van der Waals surface area (Å²) in [4.78, 5) is 11.0. The van der Waals surface area contributed by atoms with Crippen molar-refractivity contribution < 1.29 is 14.6 Å². The molecule has 4 heteroatoms. The van der Waals surface area contributed by atoms with Gasteiger partial charge in [-0.3, -0.25) is 0 Å². The normalized spacial score (nSPS) is 10.5. The van der Waals surface area contributed by atoms with E-state index in [4.69, 9.17) is 9.84 Å². The van der Waals surface area contributed by atoms with Crippen LogP contribution in [-0.4, -0.2) is 22.1 Å². The van der Waals surface area contributed by atoms with Crippen molar-refractivity contribution in [1.82, 2.24) is 4.40 Å². The first-order valence-electron chi connectivity index (χ1n) is 4.69. The monoisotopic (exact) mass is 205 g/mol. The minimum Gasteiger partial charge on any atom is -0.491 e. The number of nitrogens with zero attached hydrogens (tertiary/aromatic N) is 1. The van der Waals surface area contributed by atoms with Gasteiger partial charge in [-0.05, 0) is 25.1 Å². The Balaban J connectivity index is 2.69. The summed E-state index contributed by atoms with van der Waals surface area (Å²) in [7, 11) is 0. The number of aromatic nitrogens is 1. The van der Waals surface area contributed by atoms with Crippen molar-refractivity contribution in [2.75, 3.05) is 6.61 Å². The summed E-state index contributed by atoms with van der Waals surface area (Å²) in [5, 5.41) is 9.00. The molecular formula is C11H11NO3. The second kappa shape index (κ2) is 3.65. The number of carboxylic acids is 1. The first-order valence-corrected chi connectivity index (χ1v) is 4.69. The summed E-state index contributed by atoms with van der Waals surface area (Å²) in [5.74, 6) is -0.542. The van der Waals surface area contributed by atoms with Gasteiger partial charge in [-0.15, -0.1) is 0 Å². The van der Waals surface area contributed by atoms with E-state index in [-0.39, 0.29) is 5.56 Å². The van der Waals surface area contributed by atoms with Gasteiger partial charge in [-0.1, -0.05) is 0 Å². The third-order valence-electron chi connectivity index (χ3n) is 2.18. The number of hydrogen-bond donors (Lipinski definition) is 1. The Bertz CT molecular complexity index is 502. The molecule has 0 aliphatic carbocycles. The van der Waals surface area contributed by atoms with E-state index in [1.807, 2.05) is 29.7 Å². The number of carboxylic acid groups (broad SMARTS) is 1. The molecule has 4 nitrogen and oxygen atoms in total. The number of aromatic carboxylic acids is 1. The van der Waals surface area contributed by atoms with Crippen LogP contribution in [0.5, 0.6) is 5.75 Å². The quantitative estimate of drug-likeness (QED) is 0.834. The minimum atomic E-state index is -0.970. The van der Waals surface area contributed by atoms with Crippen LogP contribution in [0.1, 0.15) is 17.3 Å². The maximum Gasteiger partial charge on any atom is 0.339 e. The maximum absolute atomic E-state index is 11.0. The van der Waals surface area contributed by atoms with Gasteiger partial charge in [0.25, 0.3) is 0 Å². The molecule has 0 radical (unpaired) electrons. The van der Waals surface area contributed by atoms with Crippen molar-refractivity contribution >= 4 is 11.5 Å². The van der Waals surface area contributed by atoms with Crippen LogP contribution in [-0.2, 0) is 0 Å². The van der Waals surface area contributed by atoms with Crippen LogP contribution in [0.2, 0.25) is 0 Å². The van der Waals surface area contributed by atoms with Gasteiger partial charge < -0.3 is 14.2 Å². The van der Waals surface area contributed by atoms with Crippen LogP contribution >= 0.6 is 0 Å². The van der Waals surface area contributed by atoms with E-state index in [9.17, 15) is 4.79 Å². The predicted octanol–water partition coefficient (Wildman–Crippen LogP) is 2.04. The number of rotatable bonds is 3. The van der Waals surface area contributed by atoms with Crippen molar-refractivity contribution in [3.63, 3.8) is 0 Å². The number of carbonyl (C=O) groups is 1. The topological polar surface area (TPSA) is 50.9 Å². The van der Waals surface area contributed by atoms with Crippen LogP contribution in [0, 0.1) is 0 Å². The number of hydrogen-bond acceptors (Lipinski definition) is 2. The molecule has 0 saturated heterocycles. The molecule has 1 N–H and O–H groups in total. The zero-order valence-electron chi connectivity index (χ0n) is 8.30. The molecular weight excluding hydrogens is 194 g/mol. The number of fused-ring (bicyclic) bond motifs is 1. The number of ether oxygens (including phenoxy) is 1. The average Bonchev–Trinajstić information content (AvgIpc) is 2.66. The van der Waals surface area contributed by atoms with Crippen molar-refractivity contribution in [3.8, 4) is 5.75 Å². The largest absolute Gasteiger partial charge is 0.491 e. The van der Waals surface area contributed by atoms with E-state index < -0.39 is 5.97 Å². The Kier molecular flexibility index (Phi) is 2.33. The third-order valence-corrected chi connectivity index (χ3v) is 2.18. The Labute approximate surface area is 86.7 Å². The fourth-order valence-electron chi connectivity index (χ4n) is 1.55. The molecule has 2 aromatic rings. The van der Waals surface area contributed by atoms with Gasteiger partial charge in [-0.25, -0.2) is 4.79 Å². The van der Waals surface area contributed by atoms with Gasteiger partial charge in [0.05, 0.1) is 12.1 Å². The van der Waals surface area contributed by atoms with Crippen LogP contribution in [0.4, 0.5) is 0 Å². The zero-order valence-corrected chi connectivity index (χ0v) is 8.30. The molecule has 0 aliphatic rings. The van der Waals surface area contributed by atoms with Crippen molar-refractivity contribution in [2.45, 2.75) is 6.92 Å². The molecule has 2 rings (SSSR count). The van der Waals surface area contributed by atoms with Gasteiger partial charge in [0, 0.05) is 12.4 Å². The highest BCUT2D eigenvalue weighted by atomic mass is 16.5. The lowest BCUT2D eigenvalue weighted by Gasteiger charge is -2.09. The van der Waals surface area contributed by atoms with Crippen LogP contribution in [0.15, 0.2) is 30.6 Å². The Morgan fingerprint density at radius 1 is 1.47 bits per heavy atom. The van der Waals surface area contributed by atoms with Gasteiger partial charge in [0.1, 0.15) is 5.56 Å². The summed E-state index contributed by atoms with van der Waals surface area (Å²) in [6.45, 7) is 2.28. The molecule has 0 amide bonds.